The van der Waals surface area contributed by atoms with E-state index in [9.17, 15) is 0 Å². The molecule has 0 aliphatic carbocycles. The minimum atomic E-state index is 0.819. The summed E-state index contributed by atoms with van der Waals surface area (Å²) in [5.41, 5.74) is 4.21. The van der Waals surface area contributed by atoms with E-state index < -0.39 is 0 Å². The number of aliphatic imine (C=N–C) groups is 2. The molecule has 98 valence electrons. The topological polar surface area (TPSA) is 34.0 Å². The quantitative estimate of drug-likeness (QED) is 0.788. The van der Waals surface area contributed by atoms with Crippen LogP contribution in [0.1, 0.15) is 25.8 Å². The fourth-order valence-corrected chi connectivity index (χ4v) is 1.76. The van der Waals surface area contributed by atoms with Gasteiger partial charge < -0.3 is 4.74 Å². The molecule has 0 bridgehead atoms. The van der Waals surface area contributed by atoms with Crippen molar-refractivity contribution < 1.29 is 4.74 Å². The maximum Gasteiger partial charge on any atom is 0.118 e. The zero-order valence-electron chi connectivity index (χ0n) is 11.6. The van der Waals surface area contributed by atoms with Gasteiger partial charge in [-0.1, -0.05) is 18.2 Å². The fraction of sp³-hybridized carbons (Fsp3) is 0.250. The molecular weight excluding hydrogens is 236 g/mol. The molecule has 0 spiro atoms. The standard InChI is InChI=1S/C16H18N2O/c1-12-13(2)18-11-15(5-4-10-17-12)14-6-8-16(19-3)9-7-14/h4,6-11H,5H2,1-3H3/b10-4-,15-11+,17-12?,18-13?. The van der Waals surface area contributed by atoms with Crippen molar-refractivity contribution in [3.63, 3.8) is 0 Å². The fourth-order valence-electron chi connectivity index (χ4n) is 1.76. The van der Waals surface area contributed by atoms with Crippen molar-refractivity contribution in [1.29, 1.82) is 0 Å². The molecule has 3 nitrogen and oxygen atoms in total. The zero-order valence-corrected chi connectivity index (χ0v) is 11.6. The van der Waals surface area contributed by atoms with Crippen LogP contribution in [0.15, 0.2) is 52.7 Å². The Morgan fingerprint density at radius 1 is 1.00 bits per heavy atom. The van der Waals surface area contributed by atoms with E-state index in [0.717, 1.165) is 29.2 Å². The first kappa shape index (κ1) is 13.3. The Morgan fingerprint density at radius 2 is 1.68 bits per heavy atom. The molecule has 0 unspecified atom stereocenters. The summed E-state index contributed by atoms with van der Waals surface area (Å²) in [6.45, 7) is 3.94. The lowest BCUT2D eigenvalue weighted by molar-refractivity contribution is 0.415. The molecule has 0 radical (unpaired) electrons. The molecule has 0 fully saturated rings. The lowest BCUT2D eigenvalue weighted by atomic mass is 10.0. The van der Waals surface area contributed by atoms with Gasteiger partial charge in [-0.15, -0.1) is 0 Å². The summed E-state index contributed by atoms with van der Waals surface area (Å²) in [5.74, 6) is 0.863. The van der Waals surface area contributed by atoms with Crippen LogP contribution in [-0.4, -0.2) is 18.5 Å². The number of methoxy groups -OCH3 is 1. The minimum absolute atomic E-state index is 0.819. The molecule has 0 atom stereocenters. The van der Waals surface area contributed by atoms with Crippen LogP contribution in [0, 0.1) is 0 Å². The van der Waals surface area contributed by atoms with Gasteiger partial charge in [-0.25, -0.2) is 0 Å². The summed E-state index contributed by atoms with van der Waals surface area (Å²) in [6, 6.07) is 8.03. The summed E-state index contributed by atoms with van der Waals surface area (Å²) >= 11 is 0. The van der Waals surface area contributed by atoms with Gasteiger partial charge in [0.05, 0.1) is 18.5 Å². The highest BCUT2D eigenvalue weighted by Crippen LogP contribution is 2.22. The SMILES string of the molecule is COc1ccc(/C2=C/N=C(C)C(C)=N/C=C\C2)cc1. The van der Waals surface area contributed by atoms with Crippen LogP contribution in [-0.2, 0) is 0 Å². The van der Waals surface area contributed by atoms with Gasteiger partial charge in [-0.3, -0.25) is 9.98 Å². The molecule has 0 saturated heterocycles. The molecule has 1 aromatic carbocycles. The minimum Gasteiger partial charge on any atom is -0.497 e. The summed E-state index contributed by atoms with van der Waals surface area (Å²) in [4.78, 5) is 8.81. The summed E-state index contributed by atoms with van der Waals surface area (Å²) < 4.78 is 5.17. The predicted octanol–water partition coefficient (Wildman–Crippen LogP) is 3.88. The van der Waals surface area contributed by atoms with E-state index in [4.69, 9.17) is 4.74 Å². The Hall–Kier alpha value is -2.16. The van der Waals surface area contributed by atoms with Crippen LogP contribution >= 0.6 is 0 Å². The van der Waals surface area contributed by atoms with Crippen LogP contribution in [0.5, 0.6) is 5.75 Å². The second-order valence-corrected chi connectivity index (χ2v) is 4.40. The van der Waals surface area contributed by atoms with Gasteiger partial charge in [0, 0.05) is 12.4 Å². The lowest BCUT2D eigenvalue weighted by Crippen LogP contribution is -2.03. The van der Waals surface area contributed by atoms with E-state index in [2.05, 4.69) is 22.1 Å². The summed E-state index contributed by atoms with van der Waals surface area (Å²) in [6.07, 6.45) is 6.64. The Morgan fingerprint density at radius 3 is 2.37 bits per heavy atom. The van der Waals surface area contributed by atoms with Gasteiger partial charge in [0.2, 0.25) is 0 Å². The molecular formula is C16H18N2O. The Bertz CT molecular complexity index is 563. The normalized spacial score (nSPS) is 20.1. The molecule has 0 saturated carbocycles. The first-order valence-electron chi connectivity index (χ1n) is 6.28. The van der Waals surface area contributed by atoms with Crippen molar-refractivity contribution in [3.05, 3.63) is 48.3 Å². The molecule has 0 amide bonds. The average molecular weight is 254 g/mol. The Balaban J connectivity index is 2.32. The smallest absolute Gasteiger partial charge is 0.118 e. The van der Waals surface area contributed by atoms with E-state index >= 15 is 0 Å². The first-order chi connectivity index (χ1) is 9.20. The number of hydrogen-bond acceptors (Lipinski definition) is 3. The lowest BCUT2D eigenvalue weighted by Gasteiger charge is -2.05. The average Bonchev–Trinajstić information content (AvgIpc) is 2.52. The van der Waals surface area contributed by atoms with Gasteiger partial charge in [0.1, 0.15) is 5.75 Å². The van der Waals surface area contributed by atoms with E-state index in [1.165, 1.54) is 5.57 Å². The van der Waals surface area contributed by atoms with Crippen molar-refractivity contribution in [2.75, 3.05) is 7.11 Å². The highest BCUT2D eigenvalue weighted by Gasteiger charge is 2.03. The Kier molecular flexibility index (Phi) is 4.29. The van der Waals surface area contributed by atoms with Crippen LogP contribution in [0.2, 0.25) is 0 Å². The third-order valence-corrected chi connectivity index (χ3v) is 3.11. The van der Waals surface area contributed by atoms with E-state index in [1.54, 1.807) is 7.11 Å². The van der Waals surface area contributed by atoms with Crippen molar-refractivity contribution in [2.24, 2.45) is 9.98 Å². The molecule has 0 N–H and O–H groups in total. The molecule has 1 aromatic rings. The van der Waals surface area contributed by atoms with Crippen molar-refractivity contribution in [3.8, 4) is 5.75 Å². The van der Waals surface area contributed by atoms with Gasteiger partial charge in [0.15, 0.2) is 0 Å². The van der Waals surface area contributed by atoms with Gasteiger partial charge in [0.25, 0.3) is 0 Å². The largest absolute Gasteiger partial charge is 0.497 e. The number of ether oxygens (including phenoxy) is 1. The number of benzene rings is 1. The third kappa shape index (κ3) is 3.41. The molecule has 1 aliphatic heterocycles. The number of allylic oxidation sites excluding steroid dienone is 2. The monoisotopic (exact) mass is 254 g/mol. The summed E-state index contributed by atoms with van der Waals surface area (Å²) in [5, 5.41) is 0. The third-order valence-electron chi connectivity index (χ3n) is 3.11. The van der Waals surface area contributed by atoms with Crippen molar-refractivity contribution >= 4 is 17.0 Å². The molecule has 1 heterocycles. The van der Waals surface area contributed by atoms with Gasteiger partial charge >= 0.3 is 0 Å². The van der Waals surface area contributed by atoms with E-state index in [-0.39, 0.29) is 0 Å². The second-order valence-electron chi connectivity index (χ2n) is 4.40. The maximum atomic E-state index is 5.17. The zero-order chi connectivity index (χ0) is 13.7. The van der Waals surface area contributed by atoms with E-state index in [1.807, 2.05) is 44.5 Å². The van der Waals surface area contributed by atoms with Crippen molar-refractivity contribution in [1.82, 2.24) is 0 Å². The molecule has 19 heavy (non-hydrogen) atoms. The van der Waals surface area contributed by atoms with Gasteiger partial charge in [-0.05, 0) is 43.5 Å². The van der Waals surface area contributed by atoms with Crippen LogP contribution in [0.3, 0.4) is 0 Å². The highest BCUT2D eigenvalue weighted by atomic mass is 16.5. The molecule has 1 aliphatic rings. The van der Waals surface area contributed by atoms with E-state index in [0.29, 0.717) is 0 Å². The van der Waals surface area contributed by atoms with Crippen LogP contribution < -0.4 is 4.74 Å². The summed E-state index contributed by atoms with van der Waals surface area (Å²) in [7, 11) is 1.67. The van der Waals surface area contributed by atoms with Crippen LogP contribution in [0.25, 0.3) is 5.57 Å². The molecule has 2 rings (SSSR count). The number of hydrogen-bond donors (Lipinski definition) is 0. The van der Waals surface area contributed by atoms with Crippen LogP contribution in [0.4, 0.5) is 0 Å². The molecule has 0 aromatic heterocycles. The Labute approximate surface area is 114 Å². The second kappa shape index (κ2) is 6.14. The maximum absolute atomic E-state index is 5.17. The van der Waals surface area contributed by atoms with Gasteiger partial charge in [-0.2, -0.15) is 0 Å². The van der Waals surface area contributed by atoms with Crippen molar-refractivity contribution in [2.45, 2.75) is 20.3 Å². The highest BCUT2D eigenvalue weighted by molar-refractivity contribution is 6.40. The molecule has 3 heteroatoms. The first-order valence-corrected chi connectivity index (χ1v) is 6.28. The predicted molar refractivity (Wildman–Crippen MR) is 80.9 cm³/mol. The number of nitrogens with zero attached hydrogens (tertiary/aromatic N) is 2. The number of rotatable bonds is 2.